The molecule has 0 spiro atoms. The number of nitrogens with zero attached hydrogens (tertiary/aromatic N) is 2. The third kappa shape index (κ3) is 7.14. The number of nitrogens with one attached hydrogen (secondary N) is 1. The van der Waals surface area contributed by atoms with Crippen molar-refractivity contribution < 1.29 is 18.0 Å². The first-order valence-corrected chi connectivity index (χ1v) is 14.3. The summed E-state index contributed by atoms with van der Waals surface area (Å²) in [4.78, 5) is 28.2. The fourth-order valence-corrected chi connectivity index (χ4v) is 5.60. The van der Waals surface area contributed by atoms with Crippen molar-refractivity contribution in [2.24, 2.45) is 0 Å². The highest BCUT2D eigenvalue weighted by atomic mass is 35.5. The number of anilines is 1. The van der Waals surface area contributed by atoms with Gasteiger partial charge in [-0.05, 0) is 62.6 Å². The van der Waals surface area contributed by atoms with Gasteiger partial charge in [0.05, 0.1) is 10.6 Å². The zero-order valence-electron chi connectivity index (χ0n) is 22.1. The maximum Gasteiger partial charge on any atom is 0.264 e. The number of carbonyl (C=O) groups is 2. The van der Waals surface area contributed by atoms with Gasteiger partial charge in [-0.2, -0.15) is 0 Å². The van der Waals surface area contributed by atoms with Crippen molar-refractivity contribution in [3.8, 4) is 0 Å². The van der Waals surface area contributed by atoms with Crippen molar-refractivity contribution in [2.75, 3.05) is 17.4 Å². The summed E-state index contributed by atoms with van der Waals surface area (Å²) in [5, 5.41) is 3.18. The van der Waals surface area contributed by atoms with E-state index in [0.717, 1.165) is 21.9 Å². The third-order valence-electron chi connectivity index (χ3n) is 6.24. The molecule has 7 nitrogen and oxygen atoms in total. The van der Waals surface area contributed by atoms with Crippen LogP contribution < -0.4 is 9.62 Å². The summed E-state index contributed by atoms with van der Waals surface area (Å²) >= 11 is 6.25. The second-order valence-corrected chi connectivity index (χ2v) is 11.5. The molecular weight excluding hydrogens is 522 g/mol. The summed E-state index contributed by atoms with van der Waals surface area (Å²) < 4.78 is 28.9. The van der Waals surface area contributed by atoms with Gasteiger partial charge in [-0.3, -0.25) is 13.9 Å². The SMILES string of the molecule is CCCNC(=O)[C@H](C)N(Cc1ccccc1)C(=O)CN(c1cc(Cl)ccc1C)S(=O)(=O)c1ccc(C)cc1. The van der Waals surface area contributed by atoms with Gasteiger partial charge in [-0.1, -0.05) is 72.6 Å². The quantitative estimate of drug-likeness (QED) is 0.357. The summed E-state index contributed by atoms with van der Waals surface area (Å²) in [5.41, 5.74) is 2.67. The van der Waals surface area contributed by atoms with Crippen LogP contribution in [0.15, 0.2) is 77.7 Å². The van der Waals surface area contributed by atoms with Crippen LogP contribution in [0.4, 0.5) is 5.69 Å². The first kappa shape index (κ1) is 29.2. The average molecular weight is 556 g/mol. The first-order valence-electron chi connectivity index (χ1n) is 12.5. The Morgan fingerprint density at radius 1 is 0.974 bits per heavy atom. The first-order chi connectivity index (χ1) is 18.0. The highest BCUT2D eigenvalue weighted by Crippen LogP contribution is 2.30. The van der Waals surface area contributed by atoms with Crippen LogP contribution in [0.2, 0.25) is 5.02 Å². The van der Waals surface area contributed by atoms with Crippen LogP contribution in [-0.2, 0) is 26.2 Å². The Morgan fingerprint density at radius 3 is 2.26 bits per heavy atom. The van der Waals surface area contributed by atoms with Gasteiger partial charge in [0.25, 0.3) is 10.0 Å². The van der Waals surface area contributed by atoms with E-state index < -0.39 is 28.5 Å². The van der Waals surface area contributed by atoms with Crippen LogP contribution in [0.5, 0.6) is 0 Å². The van der Waals surface area contributed by atoms with Gasteiger partial charge in [0, 0.05) is 18.1 Å². The molecule has 0 heterocycles. The molecule has 0 bridgehead atoms. The maximum absolute atomic E-state index is 13.9. The summed E-state index contributed by atoms with van der Waals surface area (Å²) in [7, 11) is -4.15. The van der Waals surface area contributed by atoms with Crippen LogP contribution in [-0.4, -0.2) is 44.3 Å². The minimum atomic E-state index is -4.15. The lowest BCUT2D eigenvalue weighted by atomic mass is 10.1. The monoisotopic (exact) mass is 555 g/mol. The topological polar surface area (TPSA) is 86.8 Å². The second kappa shape index (κ2) is 12.9. The third-order valence-corrected chi connectivity index (χ3v) is 8.25. The second-order valence-electron chi connectivity index (χ2n) is 9.23. The molecular formula is C29H34ClN3O4S. The van der Waals surface area contributed by atoms with E-state index in [1.165, 1.54) is 23.1 Å². The lowest BCUT2D eigenvalue weighted by molar-refractivity contribution is -0.139. The number of halogens is 1. The lowest BCUT2D eigenvalue weighted by Crippen LogP contribution is -2.51. The van der Waals surface area contributed by atoms with Crippen molar-refractivity contribution in [1.29, 1.82) is 0 Å². The molecule has 0 aliphatic heterocycles. The van der Waals surface area contributed by atoms with Gasteiger partial charge < -0.3 is 10.2 Å². The normalized spacial score (nSPS) is 12.0. The van der Waals surface area contributed by atoms with Gasteiger partial charge in [-0.25, -0.2) is 8.42 Å². The van der Waals surface area contributed by atoms with Crippen LogP contribution in [0.1, 0.15) is 37.0 Å². The number of benzene rings is 3. The number of aryl methyl sites for hydroxylation is 2. The van der Waals surface area contributed by atoms with Crippen molar-refractivity contribution in [3.05, 3.63) is 94.5 Å². The number of hydrogen-bond acceptors (Lipinski definition) is 4. The molecule has 0 radical (unpaired) electrons. The highest BCUT2D eigenvalue weighted by molar-refractivity contribution is 7.92. The Kier molecular flexibility index (Phi) is 9.94. The smallest absolute Gasteiger partial charge is 0.264 e. The molecule has 1 atom stereocenters. The Bertz CT molecular complexity index is 1360. The molecule has 0 aliphatic carbocycles. The van der Waals surface area contributed by atoms with Crippen molar-refractivity contribution >= 4 is 39.1 Å². The minimum absolute atomic E-state index is 0.0543. The molecule has 0 aromatic heterocycles. The average Bonchev–Trinajstić information content (AvgIpc) is 2.90. The molecule has 0 fully saturated rings. The summed E-state index contributed by atoms with van der Waals surface area (Å²) in [6.45, 7) is 7.34. The van der Waals surface area contributed by atoms with E-state index in [4.69, 9.17) is 11.6 Å². The van der Waals surface area contributed by atoms with Crippen LogP contribution in [0.25, 0.3) is 0 Å². The fraction of sp³-hybridized carbons (Fsp3) is 0.310. The zero-order valence-corrected chi connectivity index (χ0v) is 23.7. The molecule has 38 heavy (non-hydrogen) atoms. The molecule has 9 heteroatoms. The molecule has 0 saturated heterocycles. The van der Waals surface area contributed by atoms with E-state index in [1.807, 2.05) is 44.2 Å². The predicted octanol–water partition coefficient (Wildman–Crippen LogP) is 5.10. The lowest BCUT2D eigenvalue weighted by Gasteiger charge is -2.32. The van der Waals surface area contributed by atoms with Gasteiger partial charge in [0.15, 0.2) is 0 Å². The Balaban J connectivity index is 2.05. The molecule has 3 aromatic carbocycles. The van der Waals surface area contributed by atoms with E-state index in [2.05, 4.69) is 5.32 Å². The molecule has 0 aliphatic rings. The molecule has 3 aromatic rings. The van der Waals surface area contributed by atoms with E-state index in [9.17, 15) is 18.0 Å². The van der Waals surface area contributed by atoms with Gasteiger partial charge in [-0.15, -0.1) is 0 Å². The van der Waals surface area contributed by atoms with E-state index in [0.29, 0.717) is 22.8 Å². The summed E-state index contributed by atoms with van der Waals surface area (Å²) in [6.07, 6.45) is 0.752. The van der Waals surface area contributed by atoms with Gasteiger partial charge in [0.1, 0.15) is 12.6 Å². The Morgan fingerprint density at radius 2 is 1.63 bits per heavy atom. The molecule has 0 saturated carbocycles. The summed E-state index contributed by atoms with van der Waals surface area (Å²) in [6, 6.07) is 19.8. The van der Waals surface area contributed by atoms with Gasteiger partial charge in [0.2, 0.25) is 11.8 Å². The number of rotatable bonds is 11. The van der Waals surface area contributed by atoms with E-state index in [1.54, 1.807) is 38.1 Å². The number of carbonyl (C=O) groups excluding carboxylic acids is 2. The maximum atomic E-state index is 13.9. The molecule has 1 N–H and O–H groups in total. The molecule has 202 valence electrons. The van der Waals surface area contributed by atoms with Crippen LogP contribution in [0, 0.1) is 13.8 Å². The van der Waals surface area contributed by atoms with Crippen LogP contribution >= 0.6 is 11.6 Å². The Hall–Kier alpha value is -3.36. The van der Waals surface area contributed by atoms with Crippen molar-refractivity contribution in [3.63, 3.8) is 0 Å². The van der Waals surface area contributed by atoms with Crippen molar-refractivity contribution in [2.45, 2.75) is 51.6 Å². The standard InChI is InChI=1S/C29H34ClN3O4S/c1-5-17-31-29(35)23(4)32(19-24-9-7-6-8-10-24)28(34)20-33(27-18-25(30)14-13-22(27)3)38(36,37)26-15-11-21(2)12-16-26/h6-16,18,23H,5,17,19-20H2,1-4H3,(H,31,35)/t23-/m0/s1. The summed E-state index contributed by atoms with van der Waals surface area (Å²) in [5.74, 6) is -0.814. The van der Waals surface area contributed by atoms with E-state index in [-0.39, 0.29) is 17.3 Å². The molecule has 2 amide bonds. The molecule has 0 unspecified atom stereocenters. The number of amides is 2. The Labute approximate surface area is 230 Å². The highest BCUT2D eigenvalue weighted by Gasteiger charge is 2.33. The number of sulfonamides is 1. The van der Waals surface area contributed by atoms with Crippen LogP contribution in [0.3, 0.4) is 0 Å². The fourth-order valence-electron chi connectivity index (χ4n) is 3.96. The van der Waals surface area contributed by atoms with E-state index >= 15 is 0 Å². The van der Waals surface area contributed by atoms with Gasteiger partial charge >= 0.3 is 0 Å². The largest absolute Gasteiger partial charge is 0.354 e. The predicted molar refractivity (Wildman–Crippen MR) is 152 cm³/mol. The molecule has 3 rings (SSSR count). The zero-order chi connectivity index (χ0) is 27.9. The van der Waals surface area contributed by atoms with Crippen molar-refractivity contribution in [1.82, 2.24) is 10.2 Å². The number of hydrogen-bond donors (Lipinski definition) is 1. The minimum Gasteiger partial charge on any atom is -0.354 e.